The molecule has 0 N–H and O–H groups in total. The molecule has 1 saturated heterocycles. The Morgan fingerprint density at radius 3 is 2.57 bits per heavy atom. The van der Waals surface area contributed by atoms with Crippen molar-refractivity contribution in [3.05, 3.63) is 58.6 Å². The number of hydrogen-bond donors (Lipinski definition) is 0. The van der Waals surface area contributed by atoms with Crippen LogP contribution in [0.4, 0.5) is 0 Å². The van der Waals surface area contributed by atoms with Crippen molar-refractivity contribution >= 4 is 37.7 Å². The minimum atomic E-state index is -3.54. The molecule has 0 amide bonds. The molecular weight excluding hydrogens is 398 g/mol. The van der Waals surface area contributed by atoms with Gasteiger partial charge in [0.05, 0.1) is 17.4 Å². The molecule has 23 heavy (non-hydrogen) atoms. The van der Waals surface area contributed by atoms with Gasteiger partial charge in [-0.25, -0.2) is 8.42 Å². The van der Waals surface area contributed by atoms with Crippen LogP contribution in [0.15, 0.2) is 57.9 Å². The summed E-state index contributed by atoms with van der Waals surface area (Å²) >= 11 is 4.95. The number of thioether (sulfide) groups is 1. The molecule has 4 nitrogen and oxygen atoms in total. The Bertz CT molecular complexity index is 793. The van der Waals surface area contributed by atoms with E-state index in [0.717, 1.165) is 15.8 Å². The Kier molecular flexibility index (Phi) is 5.01. The highest BCUT2D eigenvalue weighted by Crippen LogP contribution is 2.44. The first-order valence-electron chi connectivity index (χ1n) is 7.06. The molecule has 0 spiro atoms. The van der Waals surface area contributed by atoms with E-state index in [4.69, 9.17) is 4.74 Å². The minimum Gasteiger partial charge on any atom is -0.496 e. The fraction of sp³-hybridized carbons (Fsp3) is 0.250. The summed E-state index contributed by atoms with van der Waals surface area (Å²) in [7, 11) is -1.94. The Balaban J connectivity index is 1.99. The van der Waals surface area contributed by atoms with Crippen LogP contribution in [0.2, 0.25) is 0 Å². The second kappa shape index (κ2) is 6.84. The highest BCUT2D eigenvalue weighted by Gasteiger charge is 2.38. The van der Waals surface area contributed by atoms with Gasteiger partial charge in [-0.2, -0.15) is 4.31 Å². The molecule has 0 aromatic heterocycles. The lowest BCUT2D eigenvalue weighted by atomic mass is 10.2. The lowest BCUT2D eigenvalue weighted by molar-refractivity contribution is 0.390. The van der Waals surface area contributed by atoms with Gasteiger partial charge in [0.25, 0.3) is 0 Å². The third-order valence-corrected chi connectivity index (χ3v) is 7.46. The lowest BCUT2D eigenvalue weighted by Crippen LogP contribution is -2.30. The first kappa shape index (κ1) is 16.8. The standard InChI is InChI=1S/C16H16BrNO3S2/c1-21-15-5-3-2-4-14(15)16-18(10-11-22-16)23(19,20)13-8-6-12(17)7-9-13/h2-9,16H,10-11H2,1H3/t16-/m1/s1. The maximum Gasteiger partial charge on any atom is 0.244 e. The van der Waals surface area contributed by atoms with Crippen LogP contribution in [0.25, 0.3) is 0 Å². The van der Waals surface area contributed by atoms with Gasteiger partial charge in [0.15, 0.2) is 0 Å². The van der Waals surface area contributed by atoms with Gasteiger partial charge in [-0.05, 0) is 30.3 Å². The largest absolute Gasteiger partial charge is 0.496 e. The van der Waals surface area contributed by atoms with Crippen LogP contribution in [0.5, 0.6) is 5.75 Å². The summed E-state index contributed by atoms with van der Waals surface area (Å²) < 4.78 is 33.8. The molecule has 0 radical (unpaired) electrons. The van der Waals surface area contributed by atoms with Gasteiger partial charge in [-0.1, -0.05) is 34.1 Å². The molecular formula is C16H16BrNO3S2. The maximum absolute atomic E-state index is 13.0. The number of hydrogen-bond acceptors (Lipinski definition) is 4. The molecule has 2 aromatic carbocycles. The first-order valence-corrected chi connectivity index (χ1v) is 10.3. The van der Waals surface area contributed by atoms with E-state index in [1.807, 2.05) is 24.3 Å². The van der Waals surface area contributed by atoms with Crippen molar-refractivity contribution in [2.45, 2.75) is 10.3 Å². The van der Waals surface area contributed by atoms with Gasteiger partial charge in [-0.15, -0.1) is 11.8 Å². The van der Waals surface area contributed by atoms with E-state index < -0.39 is 10.0 Å². The van der Waals surface area contributed by atoms with Crippen molar-refractivity contribution in [1.29, 1.82) is 0 Å². The molecule has 1 atom stereocenters. The topological polar surface area (TPSA) is 46.6 Å². The van der Waals surface area contributed by atoms with E-state index in [9.17, 15) is 8.42 Å². The monoisotopic (exact) mass is 413 g/mol. The highest BCUT2D eigenvalue weighted by molar-refractivity contribution is 9.10. The Hall–Kier alpha value is -1.02. The van der Waals surface area contributed by atoms with Crippen molar-refractivity contribution < 1.29 is 13.2 Å². The quantitative estimate of drug-likeness (QED) is 0.762. The van der Waals surface area contributed by atoms with Crippen LogP contribution < -0.4 is 4.74 Å². The molecule has 122 valence electrons. The summed E-state index contributed by atoms with van der Waals surface area (Å²) in [4.78, 5) is 0.308. The van der Waals surface area contributed by atoms with Crippen molar-refractivity contribution in [1.82, 2.24) is 4.31 Å². The molecule has 7 heteroatoms. The lowest BCUT2D eigenvalue weighted by Gasteiger charge is -2.24. The third kappa shape index (κ3) is 3.28. The van der Waals surface area contributed by atoms with E-state index in [1.165, 1.54) is 0 Å². The van der Waals surface area contributed by atoms with Gasteiger partial charge in [-0.3, -0.25) is 0 Å². The Morgan fingerprint density at radius 2 is 1.87 bits per heavy atom. The van der Waals surface area contributed by atoms with Crippen LogP contribution >= 0.6 is 27.7 Å². The summed E-state index contributed by atoms with van der Waals surface area (Å²) in [5.41, 5.74) is 0.887. The smallest absolute Gasteiger partial charge is 0.244 e. The summed E-state index contributed by atoms with van der Waals surface area (Å²) in [6.45, 7) is 0.492. The van der Waals surface area contributed by atoms with Gasteiger partial charge in [0, 0.05) is 22.3 Å². The van der Waals surface area contributed by atoms with Crippen LogP contribution in [0.3, 0.4) is 0 Å². The summed E-state index contributed by atoms with van der Waals surface area (Å²) in [6, 6.07) is 14.3. The first-order chi connectivity index (χ1) is 11.0. The van der Waals surface area contributed by atoms with E-state index in [2.05, 4.69) is 15.9 Å². The van der Waals surface area contributed by atoms with Crippen LogP contribution in [0.1, 0.15) is 10.9 Å². The fourth-order valence-corrected chi connectivity index (χ4v) is 6.08. The number of halogens is 1. The van der Waals surface area contributed by atoms with E-state index in [-0.39, 0.29) is 5.37 Å². The van der Waals surface area contributed by atoms with Gasteiger partial charge >= 0.3 is 0 Å². The number of rotatable bonds is 4. The number of ether oxygens (including phenoxy) is 1. The Morgan fingerprint density at radius 1 is 1.17 bits per heavy atom. The Labute approximate surface area is 149 Å². The van der Waals surface area contributed by atoms with Gasteiger partial charge < -0.3 is 4.74 Å². The van der Waals surface area contributed by atoms with Crippen molar-refractivity contribution in [2.75, 3.05) is 19.4 Å². The van der Waals surface area contributed by atoms with E-state index >= 15 is 0 Å². The van der Waals surface area contributed by atoms with Crippen molar-refractivity contribution in [3.63, 3.8) is 0 Å². The maximum atomic E-state index is 13.0. The SMILES string of the molecule is COc1ccccc1[C@H]1SCCN1S(=O)(=O)c1ccc(Br)cc1. The third-order valence-electron chi connectivity index (χ3n) is 3.67. The fourth-order valence-electron chi connectivity index (χ4n) is 2.56. The van der Waals surface area contributed by atoms with Crippen molar-refractivity contribution in [3.8, 4) is 5.75 Å². The van der Waals surface area contributed by atoms with Crippen molar-refractivity contribution in [2.24, 2.45) is 0 Å². The van der Waals surface area contributed by atoms with Gasteiger partial charge in [0.1, 0.15) is 5.75 Å². The summed E-state index contributed by atoms with van der Waals surface area (Å²) in [5, 5.41) is -0.264. The average molecular weight is 414 g/mol. The molecule has 2 aromatic rings. The zero-order chi connectivity index (χ0) is 16.4. The zero-order valence-corrected chi connectivity index (χ0v) is 15.7. The normalized spacial score (nSPS) is 19.0. The average Bonchev–Trinajstić information content (AvgIpc) is 3.05. The molecule has 1 aliphatic heterocycles. The molecule has 0 saturated carbocycles. The number of sulfonamides is 1. The number of para-hydroxylation sites is 1. The molecule has 0 unspecified atom stereocenters. The molecule has 1 fully saturated rings. The minimum absolute atomic E-state index is 0.264. The summed E-state index contributed by atoms with van der Waals surface area (Å²) in [6.07, 6.45) is 0. The van der Waals surface area contributed by atoms with E-state index in [0.29, 0.717) is 17.2 Å². The molecule has 0 bridgehead atoms. The molecule has 3 rings (SSSR count). The van der Waals surface area contributed by atoms with Gasteiger partial charge in [0.2, 0.25) is 10.0 Å². The molecule has 1 aliphatic rings. The predicted molar refractivity (Wildman–Crippen MR) is 96.2 cm³/mol. The van der Waals surface area contributed by atoms with E-state index in [1.54, 1.807) is 47.4 Å². The predicted octanol–water partition coefficient (Wildman–Crippen LogP) is 3.89. The molecule has 0 aliphatic carbocycles. The second-order valence-electron chi connectivity index (χ2n) is 5.03. The number of nitrogens with zero attached hydrogens (tertiary/aromatic N) is 1. The number of methoxy groups -OCH3 is 1. The number of benzene rings is 2. The van der Waals surface area contributed by atoms with Crippen LogP contribution in [-0.4, -0.2) is 32.1 Å². The zero-order valence-electron chi connectivity index (χ0n) is 12.5. The molecule has 1 heterocycles. The van der Waals surface area contributed by atoms with Crippen LogP contribution in [0, 0.1) is 0 Å². The highest BCUT2D eigenvalue weighted by atomic mass is 79.9. The second-order valence-corrected chi connectivity index (χ2v) is 9.03. The van der Waals surface area contributed by atoms with Crippen LogP contribution in [-0.2, 0) is 10.0 Å². The summed E-state index contributed by atoms with van der Waals surface area (Å²) in [5.74, 6) is 1.47.